The molecule has 1 rings (SSSR count). The van der Waals surface area contributed by atoms with E-state index in [1.807, 2.05) is 6.92 Å². The molecule has 3 nitrogen and oxygen atoms in total. The van der Waals surface area contributed by atoms with Gasteiger partial charge in [-0.25, -0.2) is 4.98 Å². The highest BCUT2D eigenvalue weighted by atomic mass is 32.1. The van der Waals surface area contributed by atoms with E-state index in [1.165, 1.54) is 0 Å². The van der Waals surface area contributed by atoms with Gasteiger partial charge in [0.05, 0.1) is 5.69 Å². The van der Waals surface area contributed by atoms with E-state index in [0.717, 1.165) is 23.7 Å². The molecule has 80 valence electrons. The van der Waals surface area contributed by atoms with Gasteiger partial charge in [-0.2, -0.15) is 0 Å². The van der Waals surface area contributed by atoms with Gasteiger partial charge in [0.15, 0.2) is 5.13 Å². The molecule has 0 aliphatic rings. The van der Waals surface area contributed by atoms with Crippen LogP contribution in [0.25, 0.3) is 0 Å². The average molecular weight is 213 g/mol. The summed E-state index contributed by atoms with van der Waals surface area (Å²) < 4.78 is 0. The monoisotopic (exact) mass is 213 g/mol. The fourth-order valence-corrected chi connectivity index (χ4v) is 1.95. The topological polar surface area (TPSA) is 50.9 Å². The molecule has 14 heavy (non-hydrogen) atoms. The minimum absolute atomic E-state index is 0.188. The van der Waals surface area contributed by atoms with E-state index in [4.69, 9.17) is 5.73 Å². The lowest BCUT2D eigenvalue weighted by Crippen LogP contribution is -2.18. The van der Waals surface area contributed by atoms with Gasteiger partial charge in [0, 0.05) is 23.9 Å². The molecular formula is C10H19N3S. The number of rotatable bonds is 5. The smallest absolute Gasteiger partial charge is 0.183 e. The van der Waals surface area contributed by atoms with E-state index in [2.05, 4.69) is 29.5 Å². The van der Waals surface area contributed by atoms with Crippen LogP contribution in [0.5, 0.6) is 0 Å². The van der Waals surface area contributed by atoms with Crippen LogP contribution in [0.4, 0.5) is 5.13 Å². The molecule has 4 heteroatoms. The molecule has 0 bridgehead atoms. The van der Waals surface area contributed by atoms with Gasteiger partial charge in [-0.15, -0.1) is 11.3 Å². The van der Waals surface area contributed by atoms with Crippen LogP contribution in [0.15, 0.2) is 5.38 Å². The van der Waals surface area contributed by atoms with Crippen LogP contribution >= 0.6 is 11.3 Å². The Kier molecular flexibility index (Phi) is 4.35. The largest absolute Gasteiger partial charge is 0.359 e. The zero-order valence-electron chi connectivity index (χ0n) is 9.08. The minimum atomic E-state index is 0.188. The molecule has 0 saturated carbocycles. The number of nitrogens with one attached hydrogen (secondary N) is 1. The van der Waals surface area contributed by atoms with Gasteiger partial charge in [-0.1, -0.05) is 6.92 Å². The Bertz CT molecular complexity index is 270. The second kappa shape index (κ2) is 5.32. The number of thiazole rings is 1. The molecule has 1 heterocycles. The summed E-state index contributed by atoms with van der Waals surface area (Å²) in [7, 11) is 0. The third-order valence-electron chi connectivity index (χ3n) is 2.07. The molecule has 2 unspecified atom stereocenters. The molecule has 0 saturated heterocycles. The molecular weight excluding hydrogens is 194 g/mol. The highest BCUT2D eigenvalue weighted by Crippen LogP contribution is 2.17. The van der Waals surface area contributed by atoms with Crippen molar-refractivity contribution in [3.8, 4) is 0 Å². The van der Waals surface area contributed by atoms with Crippen LogP contribution in [0.1, 0.15) is 32.9 Å². The van der Waals surface area contributed by atoms with Gasteiger partial charge in [0.2, 0.25) is 0 Å². The number of hydrogen-bond donors (Lipinski definition) is 2. The lowest BCUT2D eigenvalue weighted by Gasteiger charge is -2.08. The molecule has 0 aliphatic heterocycles. The molecule has 0 fully saturated rings. The van der Waals surface area contributed by atoms with Gasteiger partial charge < -0.3 is 11.1 Å². The Morgan fingerprint density at radius 1 is 1.57 bits per heavy atom. The van der Waals surface area contributed by atoms with Gasteiger partial charge in [0.25, 0.3) is 0 Å². The summed E-state index contributed by atoms with van der Waals surface area (Å²) in [4.78, 5) is 4.47. The fourth-order valence-electron chi connectivity index (χ4n) is 1.11. The van der Waals surface area contributed by atoms with Crippen molar-refractivity contribution in [3.05, 3.63) is 11.1 Å². The van der Waals surface area contributed by atoms with Crippen LogP contribution in [-0.4, -0.2) is 17.1 Å². The standard InChI is InChI=1S/C10H19N3S/c1-4-8(3)12-10-13-9(6-14-10)5-7(2)11/h6-8H,4-5,11H2,1-3H3,(H,12,13). The molecule has 0 amide bonds. The third kappa shape index (κ3) is 3.64. The van der Waals surface area contributed by atoms with Crippen molar-refractivity contribution in [1.29, 1.82) is 0 Å². The van der Waals surface area contributed by atoms with Crippen LogP contribution in [0.3, 0.4) is 0 Å². The van der Waals surface area contributed by atoms with Gasteiger partial charge in [-0.3, -0.25) is 0 Å². The Balaban J connectivity index is 2.50. The number of nitrogens with zero attached hydrogens (tertiary/aromatic N) is 1. The molecule has 1 aromatic heterocycles. The summed E-state index contributed by atoms with van der Waals surface area (Å²) in [6.07, 6.45) is 1.97. The van der Waals surface area contributed by atoms with E-state index in [0.29, 0.717) is 6.04 Å². The highest BCUT2D eigenvalue weighted by molar-refractivity contribution is 7.13. The molecule has 0 aliphatic carbocycles. The second-order valence-electron chi connectivity index (χ2n) is 3.78. The molecule has 2 atom stereocenters. The normalized spacial score (nSPS) is 15.1. The number of hydrogen-bond acceptors (Lipinski definition) is 4. The third-order valence-corrected chi connectivity index (χ3v) is 2.89. The van der Waals surface area contributed by atoms with E-state index in [-0.39, 0.29) is 6.04 Å². The number of anilines is 1. The first-order valence-electron chi connectivity index (χ1n) is 5.08. The van der Waals surface area contributed by atoms with E-state index < -0.39 is 0 Å². The summed E-state index contributed by atoms with van der Waals surface area (Å²) in [5.74, 6) is 0. The highest BCUT2D eigenvalue weighted by Gasteiger charge is 2.05. The van der Waals surface area contributed by atoms with Crippen LogP contribution in [-0.2, 0) is 6.42 Å². The molecule has 0 aromatic carbocycles. The number of nitrogens with two attached hydrogens (primary N) is 1. The maximum atomic E-state index is 5.71. The van der Waals surface area contributed by atoms with Crippen molar-refractivity contribution < 1.29 is 0 Å². The Hall–Kier alpha value is -0.610. The van der Waals surface area contributed by atoms with Crippen molar-refractivity contribution in [2.24, 2.45) is 5.73 Å². The van der Waals surface area contributed by atoms with Gasteiger partial charge in [-0.05, 0) is 20.3 Å². The van der Waals surface area contributed by atoms with E-state index in [1.54, 1.807) is 11.3 Å². The lowest BCUT2D eigenvalue weighted by molar-refractivity contribution is 0.723. The molecule has 0 radical (unpaired) electrons. The average Bonchev–Trinajstić information content (AvgIpc) is 2.51. The number of aromatic nitrogens is 1. The van der Waals surface area contributed by atoms with E-state index in [9.17, 15) is 0 Å². The zero-order valence-corrected chi connectivity index (χ0v) is 9.90. The quantitative estimate of drug-likeness (QED) is 0.788. The van der Waals surface area contributed by atoms with Gasteiger partial charge in [0.1, 0.15) is 0 Å². The first kappa shape index (κ1) is 11.5. The van der Waals surface area contributed by atoms with Gasteiger partial charge >= 0.3 is 0 Å². The molecule has 1 aromatic rings. The Labute approximate surface area is 89.7 Å². The van der Waals surface area contributed by atoms with Crippen molar-refractivity contribution >= 4 is 16.5 Å². The van der Waals surface area contributed by atoms with E-state index >= 15 is 0 Å². The minimum Gasteiger partial charge on any atom is -0.359 e. The first-order chi connectivity index (χ1) is 6.61. The molecule has 0 spiro atoms. The maximum Gasteiger partial charge on any atom is 0.183 e. The van der Waals surface area contributed by atoms with Crippen molar-refractivity contribution in [2.75, 3.05) is 5.32 Å². The first-order valence-corrected chi connectivity index (χ1v) is 5.96. The fraction of sp³-hybridized carbons (Fsp3) is 0.700. The lowest BCUT2D eigenvalue weighted by atomic mass is 10.2. The van der Waals surface area contributed by atoms with Crippen molar-refractivity contribution in [3.63, 3.8) is 0 Å². The van der Waals surface area contributed by atoms with Crippen molar-refractivity contribution in [2.45, 2.75) is 45.7 Å². The summed E-state index contributed by atoms with van der Waals surface area (Å²) in [5, 5.41) is 6.44. The van der Waals surface area contributed by atoms with Crippen molar-refractivity contribution in [1.82, 2.24) is 4.98 Å². The summed E-state index contributed by atoms with van der Waals surface area (Å²) in [6.45, 7) is 6.32. The Morgan fingerprint density at radius 2 is 2.29 bits per heavy atom. The van der Waals surface area contributed by atoms with Crippen LogP contribution in [0, 0.1) is 0 Å². The Morgan fingerprint density at radius 3 is 2.86 bits per heavy atom. The summed E-state index contributed by atoms with van der Waals surface area (Å²) in [6, 6.07) is 0.679. The maximum absolute atomic E-state index is 5.71. The van der Waals surface area contributed by atoms with Crippen LogP contribution in [0.2, 0.25) is 0 Å². The SMILES string of the molecule is CCC(C)Nc1nc(CC(C)N)cs1. The predicted octanol–water partition coefficient (Wildman–Crippen LogP) is 2.24. The second-order valence-corrected chi connectivity index (χ2v) is 4.64. The summed E-state index contributed by atoms with van der Waals surface area (Å²) >= 11 is 1.66. The zero-order chi connectivity index (χ0) is 10.6. The predicted molar refractivity (Wildman–Crippen MR) is 62.8 cm³/mol. The van der Waals surface area contributed by atoms with Crippen LogP contribution < -0.4 is 11.1 Å². The molecule has 3 N–H and O–H groups in total. The summed E-state index contributed by atoms with van der Waals surface area (Å²) in [5.41, 5.74) is 6.80.